The lowest BCUT2D eigenvalue weighted by molar-refractivity contribution is 0.0939. The zero-order valence-electron chi connectivity index (χ0n) is 19.7. The van der Waals surface area contributed by atoms with Gasteiger partial charge in [0.25, 0.3) is 5.91 Å². The molecule has 0 aliphatic rings. The Morgan fingerprint density at radius 1 is 0.971 bits per heavy atom. The first-order valence-corrected chi connectivity index (χ1v) is 13.2. The second-order valence-electron chi connectivity index (χ2n) is 7.90. The maximum Gasteiger partial charge on any atom is 0.251 e. The van der Waals surface area contributed by atoms with Gasteiger partial charge in [0.15, 0.2) is 0 Å². The van der Waals surface area contributed by atoms with Gasteiger partial charge in [-0.3, -0.25) is 9.10 Å². The highest BCUT2D eigenvalue weighted by molar-refractivity contribution is 7.92. The topological polar surface area (TPSA) is 84.9 Å². The number of rotatable bonds is 9. The predicted molar refractivity (Wildman–Crippen MR) is 139 cm³/mol. The molecule has 0 aliphatic heterocycles. The van der Waals surface area contributed by atoms with Gasteiger partial charge in [0.05, 0.1) is 38.7 Å². The second-order valence-corrected chi connectivity index (χ2v) is 10.7. The molecule has 7 nitrogen and oxygen atoms in total. The van der Waals surface area contributed by atoms with Gasteiger partial charge in [0.1, 0.15) is 11.5 Å². The molecule has 1 amide bonds. The van der Waals surface area contributed by atoms with Crippen molar-refractivity contribution in [2.24, 2.45) is 0 Å². The van der Waals surface area contributed by atoms with Gasteiger partial charge >= 0.3 is 0 Å². The van der Waals surface area contributed by atoms with E-state index in [4.69, 9.17) is 32.7 Å². The molecule has 1 atom stereocenters. The first kappa shape index (κ1) is 26.7. The van der Waals surface area contributed by atoms with E-state index in [1.165, 1.54) is 22.5 Å². The van der Waals surface area contributed by atoms with Gasteiger partial charge in [0.2, 0.25) is 10.0 Å². The SMILES string of the molecule is COc1ccc(OC)c([C@@H](C)NC(=O)c2ccc(CN(c3cc(Cl)cc(Cl)c3)S(C)(=O)=O)cc2)c1. The normalized spacial score (nSPS) is 12.1. The van der Waals surface area contributed by atoms with Gasteiger partial charge in [-0.15, -0.1) is 0 Å². The maximum atomic E-state index is 12.9. The molecule has 0 unspecified atom stereocenters. The summed E-state index contributed by atoms with van der Waals surface area (Å²) >= 11 is 12.1. The van der Waals surface area contributed by atoms with Crippen LogP contribution in [0.1, 0.15) is 34.5 Å². The molecule has 35 heavy (non-hydrogen) atoms. The summed E-state index contributed by atoms with van der Waals surface area (Å²) < 4.78 is 36.8. The molecule has 0 saturated heterocycles. The Labute approximate surface area is 215 Å². The molecule has 0 fully saturated rings. The zero-order chi connectivity index (χ0) is 25.8. The molecule has 0 spiro atoms. The van der Waals surface area contributed by atoms with Gasteiger partial charge < -0.3 is 14.8 Å². The Morgan fingerprint density at radius 3 is 2.14 bits per heavy atom. The lowest BCUT2D eigenvalue weighted by Crippen LogP contribution is -2.29. The quantitative estimate of drug-likeness (QED) is 0.392. The molecule has 3 rings (SSSR count). The van der Waals surface area contributed by atoms with Crippen LogP contribution in [0.15, 0.2) is 60.7 Å². The van der Waals surface area contributed by atoms with E-state index < -0.39 is 10.0 Å². The van der Waals surface area contributed by atoms with Crippen LogP contribution in [0.2, 0.25) is 10.0 Å². The van der Waals surface area contributed by atoms with E-state index in [2.05, 4.69) is 5.32 Å². The Balaban J connectivity index is 1.77. The van der Waals surface area contributed by atoms with Crippen LogP contribution in [0.4, 0.5) is 5.69 Å². The number of ether oxygens (including phenoxy) is 2. The summed E-state index contributed by atoms with van der Waals surface area (Å²) in [4.78, 5) is 12.9. The fourth-order valence-corrected chi connectivity index (χ4v) is 4.93. The van der Waals surface area contributed by atoms with Gasteiger partial charge in [0, 0.05) is 21.2 Å². The van der Waals surface area contributed by atoms with Crippen LogP contribution in [-0.2, 0) is 16.6 Å². The van der Waals surface area contributed by atoms with E-state index in [0.717, 1.165) is 11.8 Å². The summed E-state index contributed by atoms with van der Waals surface area (Å²) in [5, 5.41) is 3.61. The Hall–Kier alpha value is -2.94. The molecule has 0 aromatic heterocycles. The van der Waals surface area contributed by atoms with E-state index in [-0.39, 0.29) is 18.5 Å². The summed E-state index contributed by atoms with van der Waals surface area (Å²) in [7, 11) is -0.484. The molecular formula is C25H26Cl2N2O5S. The minimum Gasteiger partial charge on any atom is -0.497 e. The highest BCUT2D eigenvalue weighted by Gasteiger charge is 2.20. The molecule has 0 radical (unpaired) electrons. The van der Waals surface area contributed by atoms with Crippen LogP contribution >= 0.6 is 23.2 Å². The third kappa shape index (κ3) is 6.81. The number of methoxy groups -OCH3 is 2. The second kappa shape index (κ2) is 11.2. The number of anilines is 1. The van der Waals surface area contributed by atoms with Crippen molar-refractivity contribution in [3.05, 3.63) is 87.4 Å². The number of amides is 1. The molecule has 3 aromatic carbocycles. The molecular weight excluding hydrogens is 511 g/mol. The average molecular weight is 537 g/mol. The number of hydrogen-bond donors (Lipinski definition) is 1. The van der Waals surface area contributed by atoms with Crippen LogP contribution in [-0.4, -0.2) is 34.8 Å². The molecule has 0 saturated carbocycles. The first-order valence-electron chi connectivity index (χ1n) is 10.6. The molecule has 186 valence electrons. The summed E-state index contributed by atoms with van der Waals surface area (Å²) in [6.45, 7) is 1.90. The summed E-state index contributed by atoms with van der Waals surface area (Å²) in [6.07, 6.45) is 1.11. The van der Waals surface area contributed by atoms with Crippen molar-refractivity contribution in [3.63, 3.8) is 0 Å². The highest BCUT2D eigenvalue weighted by atomic mass is 35.5. The highest BCUT2D eigenvalue weighted by Crippen LogP contribution is 2.30. The average Bonchev–Trinajstić information content (AvgIpc) is 2.80. The van der Waals surface area contributed by atoms with Crippen molar-refractivity contribution >= 4 is 44.8 Å². The molecule has 0 aliphatic carbocycles. The minimum atomic E-state index is -3.62. The zero-order valence-corrected chi connectivity index (χ0v) is 22.0. The number of halogens is 2. The number of nitrogens with one attached hydrogen (secondary N) is 1. The number of carbonyl (C=O) groups is 1. The summed E-state index contributed by atoms with van der Waals surface area (Å²) in [6, 6.07) is 16.3. The van der Waals surface area contributed by atoms with E-state index in [1.54, 1.807) is 50.6 Å². The molecule has 10 heteroatoms. The Bertz CT molecular complexity index is 1290. The molecule has 3 aromatic rings. The monoisotopic (exact) mass is 536 g/mol. The fourth-order valence-electron chi connectivity index (χ4n) is 3.55. The largest absolute Gasteiger partial charge is 0.497 e. The van der Waals surface area contributed by atoms with Crippen molar-refractivity contribution in [3.8, 4) is 11.5 Å². The van der Waals surface area contributed by atoms with Gasteiger partial charge in [-0.25, -0.2) is 8.42 Å². The van der Waals surface area contributed by atoms with Gasteiger partial charge in [-0.1, -0.05) is 35.3 Å². The van der Waals surface area contributed by atoms with Crippen molar-refractivity contribution in [2.45, 2.75) is 19.5 Å². The first-order chi connectivity index (χ1) is 16.5. The molecule has 1 N–H and O–H groups in total. The number of hydrogen-bond acceptors (Lipinski definition) is 5. The predicted octanol–water partition coefficient (Wildman–Crippen LogP) is 5.47. The van der Waals surface area contributed by atoms with Crippen LogP contribution in [0, 0.1) is 0 Å². The fraction of sp³-hybridized carbons (Fsp3) is 0.240. The van der Waals surface area contributed by atoms with E-state index in [1.807, 2.05) is 13.0 Å². The van der Waals surface area contributed by atoms with Crippen molar-refractivity contribution < 1.29 is 22.7 Å². The Morgan fingerprint density at radius 2 is 1.60 bits per heavy atom. The van der Waals surface area contributed by atoms with Crippen LogP contribution < -0.4 is 19.1 Å². The van der Waals surface area contributed by atoms with Gasteiger partial charge in [-0.05, 0) is 61.0 Å². The lowest BCUT2D eigenvalue weighted by atomic mass is 10.1. The Kier molecular flexibility index (Phi) is 8.53. The standard InChI is InChI=1S/C25H26Cl2N2O5S/c1-16(23-14-22(33-2)9-10-24(23)34-3)28-25(30)18-7-5-17(6-8-18)15-29(35(4,31)32)21-12-19(26)11-20(27)13-21/h5-14,16H,15H2,1-4H3,(H,28,30)/t16-/m1/s1. The number of benzene rings is 3. The van der Waals surface area contributed by atoms with Crippen molar-refractivity contribution in [1.82, 2.24) is 5.32 Å². The van der Waals surface area contributed by atoms with Gasteiger partial charge in [-0.2, -0.15) is 0 Å². The van der Waals surface area contributed by atoms with Crippen molar-refractivity contribution in [1.29, 1.82) is 0 Å². The number of carbonyl (C=O) groups excluding carboxylic acids is 1. The van der Waals surface area contributed by atoms with Crippen LogP contribution in [0.3, 0.4) is 0 Å². The summed E-state index contributed by atoms with van der Waals surface area (Å²) in [5.41, 5.74) is 2.25. The maximum absolute atomic E-state index is 12.9. The molecule has 0 bridgehead atoms. The van der Waals surface area contributed by atoms with E-state index in [0.29, 0.717) is 38.4 Å². The lowest BCUT2D eigenvalue weighted by Gasteiger charge is -2.23. The smallest absolute Gasteiger partial charge is 0.251 e. The van der Waals surface area contributed by atoms with Crippen LogP contribution in [0.25, 0.3) is 0 Å². The third-order valence-electron chi connectivity index (χ3n) is 5.33. The van der Waals surface area contributed by atoms with E-state index in [9.17, 15) is 13.2 Å². The summed E-state index contributed by atoms with van der Waals surface area (Å²) in [5.74, 6) is 1.01. The number of sulfonamides is 1. The van der Waals surface area contributed by atoms with E-state index >= 15 is 0 Å². The molecule has 0 heterocycles. The van der Waals surface area contributed by atoms with Crippen LogP contribution in [0.5, 0.6) is 11.5 Å². The number of nitrogens with zero attached hydrogens (tertiary/aromatic N) is 1. The minimum absolute atomic E-state index is 0.0504. The van der Waals surface area contributed by atoms with Crippen molar-refractivity contribution in [2.75, 3.05) is 24.8 Å². The third-order valence-corrected chi connectivity index (χ3v) is 6.91.